The number of benzene rings is 1. The molecule has 0 unspecified atom stereocenters. The lowest BCUT2D eigenvalue weighted by molar-refractivity contribution is 0.0690. The minimum absolute atomic E-state index is 0.110. The number of halogens is 1. The van der Waals surface area contributed by atoms with E-state index in [1.807, 2.05) is 12.1 Å². The summed E-state index contributed by atoms with van der Waals surface area (Å²) in [4.78, 5) is 24.7. The Kier molecular flexibility index (Phi) is 3.60. The molecular weight excluding hydrogens is 356 g/mol. The van der Waals surface area contributed by atoms with Crippen LogP contribution >= 0.6 is 27.3 Å². The van der Waals surface area contributed by atoms with Crippen LogP contribution in [0.25, 0.3) is 10.8 Å². The van der Waals surface area contributed by atoms with Gasteiger partial charge in [0.05, 0.1) is 15.7 Å². The van der Waals surface area contributed by atoms with Crippen molar-refractivity contribution in [2.45, 2.75) is 6.54 Å². The Bertz CT molecular complexity index is 901. The number of aromatic carboxylic acids is 1. The summed E-state index contributed by atoms with van der Waals surface area (Å²) in [5.41, 5.74) is -0.402. The fourth-order valence-corrected chi connectivity index (χ4v) is 3.55. The van der Waals surface area contributed by atoms with E-state index in [2.05, 4.69) is 21.0 Å². The summed E-state index contributed by atoms with van der Waals surface area (Å²) in [7, 11) is 0. The number of carbonyl (C=O) groups is 1. The van der Waals surface area contributed by atoms with Crippen molar-refractivity contribution in [3.05, 3.63) is 61.1 Å². The Morgan fingerprint density at radius 3 is 2.57 bits per heavy atom. The van der Waals surface area contributed by atoms with Crippen molar-refractivity contribution in [3.63, 3.8) is 0 Å². The normalized spacial score (nSPS) is 10.9. The molecule has 21 heavy (non-hydrogen) atoms. The predicted molar refractivity (Wildman–Crippen MR) is 84.1 cm³/mol. The van der Waals surface area contributed by atoms with Crippen LogP contribution in [0.2, 0.25) is 0 Å². The summed E-state index contributed by atoms with van der Waals surface area (Å²) in [6.45, 7) is 0.250. The lowest BCUT2D eigenvalue weighted by atomic mass is 10.1. The fourth-order valence-electron chi connectivity index (χ4n) is 2.08. The summed E-state index contributed by atoms with van der Waals surface area (Å²) < 4.78 is 2.15. The lowest BCUT2D eigenvalue weighted by Crippen LogP contribution is -2.26. The molecule has 1 N–H and O–H groups in total. The number of fused-ring (bicyclic) bond motifs is 1. The monoisotopic (exact) mass is 364 g/mol. The third-order valence-corrected chi connectivity index (χ3v) is 4.61. The molecule has 0 saturated carbocycles. The van der Waals surface area contributed by atoms with Crippen molar-refractivity contribution in [2.75, 3.05) is 0 Å². The Labute approximate surface area is 131 Å². The van der Waals surface area contributed by atoms with Gasteiger partial charge in [-0.3, -0.25) is 4.79 Å². The number of thiophene rings is 1. The van der Waals surface area contributed by atoms with Crippen LogP contribution in [0.4, 0.5) is 0 Å². The average molecular weight is 365 g/mol. The number of carboxylic acids is 1. The molecule has 3 rings (SSSR count). The van der Waals surface area contributed by atoms with Crippen molar-refractivity contribution in [1.29, 1.82) is 0 Å². The Balaban J connectivity index is 2.21. The van der Waals surface area contributed by atoms with Crippen LogP contribution in [-0.2, 0) is 6.54 Å². The highest BCUT2D eigenvalue weighted by Gasteiger charge is 2.15. The zero-order valence-electron chi connectivity index (χ0n) is 10.6. The molecule has 0 bridgehead atoms. The quantitative estimate of drug-likeness (QED) is 0.775. The third kappa shape index (κ3) is 2.62. The van der Waals surface area contributed by atoms with Crippen LogP contribution in [0.3, 0.4) is 0 Å². The SMILES string of the molecule is O=C(O)c1nn(Cc2ccc(Br)s2)c(=O)c2ccccc12. The molecule has 0 amide bonds. The van der Waals surface area contributed by atoms with E-state index in [1.54, 1.807) is 24.3 Å². The fraction of sp³-hybridized carbons (Fsp3) is 0.0714. The second-order valence-electron chi connectivity index (χ2n) is 4.37. The molecule has 1 aromatic carbocycles. The van der Waals surface area contributed by atoms with Crippen molar-refractivity contribution < 1.29 is 9.90 Å². The third-order valence-electron chi connectivity index (χ3n) is 3.00. The van der Waals surface area contributed by atoms with Crippen LogP contribution in [0.1, 0.15) is 15.4 Å². The number of carboxylic acid groups (broad SMARTS) is 1. The molecule has 0 radical (unpaired) electrons. The van der Waals surface area contributed by atoms with Crippen LogP contribution < -0.4 is 5.56 Å². The van der Waals surface area contributed by atoms with Gasteiger partial charge < -0.3 is 5.11 Å². The Morgan fingerprint density at radius 2 is 1.95 bits per heavy atom. The van der Waals surface area contributed by atoms with E-state index >= 15 is 0 Å². The van der Waals surface area contributed by atoms with Gasteiger partial charge in [0.25, 0.3) is 5.56 Å². The molecule has 2 aromatic heterocycles. The molecule has 0 aliphatic rings. The standard InChI is InChI=1S/C14H9BrN2O3S/c15-11-6-5-8(21-11)7-17-13(18)10-4-2-1-3-9(10)12(16-17)14(19)20/h1-6H,7H2,(H,19,20). The van der Waals surface area contributed by atoms with Gasteiger partial charge in [0.2, 0.25) is 0 Å². The van der Waals surface area contributed by atoms with Crippen molar-refractivity contribution in [1.82, 2.24) is 9.78 Å². The highest BCUT2D eigenvalue weighted by molar-refractivity contribution is 9.11. The zero-order valence-corrected chi connectivity index (χ0v) is 13.0. The van der Waals surface area contributed by atoms with Gasteiger partial charge in [0.15, 0.2) is 5.69 Å². The van der Waals surface area contributed by atoms with Gasteiger partial charge in [-0.2, -0.15) is 5.10 Å². The van der Waals surface area contributed by atoms with Crippen molar-refractivity contribution in [2.24, 2.45) is 0 Å². The molecule has 0 aliphatic carbocycles. The van der Waals surface area contributed by atoms with E-state index in [0.29, 0.717) is 10.8 Å². The van der Waals surface area contributed by atoms with E-state index in [-0.39, 0.29) is 17.8 Å². The van der Waals surface area contributed by atoms with Crippen LogP contribution in [0, 0.1) is 0 Å². The number of hydrogen-bond acceptors (Lipinski definition) is 4. The number of aromatic nitrogens is 2. The van der Waals surface area contributed by atoms with E-state index < -0.39 is 5.97 Å². The molecule has 106 valence electrons. The van der Waals surface area contributed by atoms with Gasteiger partial charge in [-0.05, 0) is 34.1 Å². The molecule has 0 atom stereocenters. The minimum Gasteiger partial charge on any atom is -0.476 e. The van der Waals surface area contributed by atoms with E-state index in [4.69, 9.17) is 0 Å². The molecule has 5 nitrogen and oxygen atoms in total. The summed E-state index contributed by atoms with van der Waals surface area (Å²) in [6.07, 6.45) is 0. The molecule has 0 aliphatic heterocycles. The van der Waals surface area contributed by atoms with Gasteiger partial charge in [-0.25, -0.2) is 9.48 Å². The molecule has 0 fully saturated rings. The first-order valence-electron chi connectivity index (χ1n) is 6.03. The maximum Gasteiger partial charge on any atom is 0.357 e. The maximum absolute atomic E-state index is 12.4. The summed E-state index contributed by atoms with van der Waals surface area (Å²) in [5, 5.41) is 14.0. The maximum atomic E-state index is 12.4. The first-order chi connectivity index (χ1) is 10.1. The second kappa shape index (κ2) is 5.42. The summed E-state index contributed by atoms with van der Waals surface area (Å²) >= 11 is 4.84. The first kappa shape index (κ1) is 14.0. The molecule has 2 heterocycles. The molecule has 3 aromatic rings. The van der Waals surface area contributed by atoms with Gasteiger partial charge in [-0.15, -0.1) is 11.3 Å². The van der Waals surface area contributed by atoms with Crippen LogP contribution in [0.5, 0.6) is 0 Å². The van der Waals surface area contributed by atoms with Gasteiger partial charge in [-0.1, -0.05) is 18.2 Å². The summed E-state index contributed by atoms with van der Waals surface area (Å²) in [5.74, 6) is -1.15. The van der Waals surface area contributed by atoms with Gasteiger partial charge >= 0.3 is 5.97 Å². The van der Waals surface area contributed by atoms with Crippen LogP contribution in [0.15, 0.2) is 45.0 Å². The minimum atomic E-state index is -1.15. The number of nitrogens with zero attached hydrogens (tertiary/aromatic N) is 2. The van der Waals surface area contributed by atoms with Crippen molar-refractivity contribution >= 4 is 44.0 Å². The van der Waals surface area contributed by atoms with E-state index in [9.17, 15) is 14.7 Å². The molecule has 7 heteroatoms. The second-order valence-corrected chi connectivity index (χ2v) is 6.92. The highest BCUT2D eigenvalue weighted by Crippen LogP contribution is 2.22. The predicted octanol–water partition coefficient (Wildman–Crippen LogP) is 2.97. The number of hydrogen-bond donors (Lipinski definition) is 1. The first-order valence-corrected chi connectivity index (χ1v) is 7.64. The molecule has 0 saturated heterocycles. The largest absolute Gasteiger partial charge is 0.476 e. The van der Waals surface area contributed by atoms with E-state index in [0.717, 1.165) is 8.66 Å². The lowest BCUT2D eigenvalue weighted by Gasteiger charge is -2.07. The van der Waals surface area contributed by atoms with Crippen LogP contribution in [-0.4, -0.2) is 20.9 Å². The average Bonchev–Trinajstić information content (AvgIpc) is 2.87. The van der Waals surface area contributed by atoms with Crippen molar-refractivity contribution in [3.8, 4) is 0 Å². The van der Waals surface area contributed by atoms with Gasteiger partial charge in [0.1, 0.15) is 0 Å². The summed E-state index contributed by atoms with van der Waals surface area (Å²) in [6, 6.07) is 10.4. The smallest absolute Gasteiger partial charge is 0.357 e. The zero-order chi connectivity index (χ0) is 15.0. The molecular formula is C14H9BrN2O3S. The Hall–Kier alpha value is -1.99. The highest BCUT2D eigenvalue weighted by atomic mass is 79.9. The Morgan fingerprint density at radius 1 is 1.24 bits per heavy atom. The molecule has 0 spiro atoms. The van der Waals surface area contributed by atoms with E-state index in [1.165, 1.54) is 16.0 Å². The topological polar surface area (TPSA) is 72.2 Å². The van der Waals surface area contributed by atoms with Gasteiger partial charge in [0, 0.05) is 10.3 Å². The number of rotatable bonds is 3.